The Morgan fingerprint density at radius 1 is 1.33 bits per heavy atom. The van der Waals surface area contributed by atoms with E-state index in [1.807, 2.05) is 35.9 Å². The maximum Gasteiger partial charge on any atom is 0.321 e. The van der Waals surface area contributed by atoms with E-state index in [9.17, 15) is 9.59 Å². The third-order valence-corrected chi connectivity index (χ3v) is 6.17. The van der Waals surface area contributed by atoms with Gasteiger partial charge in [-0.2, -0.15) is 0 Å². The third-order valence-electron chi connectivity index (χ3n) is 4.68. The summed E-state index contributed by atoms with van der Waals surface area (Å²) in [6, 6.07) is 5.41. The van der Waals surface area contributed by atoms with Crippen molar-refractivity contribution in [2.24, 2.45) is 0 Å². The van der Waals surface area contributed by atoms with E-state index in [1.54, 1.807) is 13.1 Å². The number of benzene rings is 1. The van der Waals surface area contributed by atoms with Crippen LogP contribution in [0, 0.1) is 6.92 Å². The first-order valence-electron chi connectivity index (χ1n) is 9.02. The summed E-state index contributed by atoms with van der Waals surface area (Å²) < 4.78 is 1.90. The van der Waals surface area contributed by atoms with Crippen molar-refractivity contribution in [3.05, 3.63) is 41.2 Å². The fourth-order valence-electron chi connectivity index (χ4n) is 3.13. The Morgan fingerprint density at radius 2 is 2.07 bits per heavy atom. The number of thioether (sulfide) groups is 1. The number of halogens is 1. The number of carbonyl (C=O) groups excluding carboxylic acids is 2. The molecule has 1 aromatic heterocycles. The van der Waals surface area contributed by atoms with Gasteiger partial charge in [-0.1, -0.05) is 42.3 Å². The summed E-state index contributed by atoms with van der Waals surface area (Å²) in [5.41, 5.74) is 1.85. The van der Waals surface area contributed by atoms with Crippen molar-refractivity contribution in [3.63, 3.8) is 0 Å². The minimum Gasteiger partial charge on any atom is -0.335 e. The van der Waals surface area contributed by atoms with Crippen LogP contribution in [0.2, 0.25) is 5.02 Å². The van der Waals surface area contributed by atoms with Crippen LogP contribution in [0.5, 0.6) is 0 Å². The molecule has 1 aromatic carbocycles. The minimum atomic E-state index is -0.472. The molecule has 0 saturated heterocycles. The fraction of sp³-hybridized carbons (Fsp3) is 0.421. The van der Waals surface area contributed by atoms with Crippen LogP contribution in [0.15, 0.2) is 35.7 Å². The number of nitrogens with zero attached hydrogens (tertiary/aromatic N) is 2. The molecule has 0 bridgehead atoms. The lowest BCUT2D eigenvalue weighted by Crippen LogP contribution is -2.45. The molecule has 8 heteroatoms. The first kappa shape index (κ1) is 19.8. The van der Waals surface area contributed by atoms with Gasteiger partial charge in [-0.3, -0.25) is 14.7 Å². The van der Waals surface area contributed by atoms with Crippen molar-refractivity contribution < 1.29 is 9.59 Å². The summed E-state index contributed by atoms with van der Waals surface area (Å²) in [7, 11) is 0. The summed E-state index contributed by atoms with van der Waals surface area (Å²) in [4.78, 5) is 28.7. The molecule has 144 valence electrons. The van der Waals surface area contributed by atoms with Gasteiger partial charge < -0.3 is 5.32 Å². The first-order chi connectivity index (χ1) is 13.0. The van der Waals surface area contributed by atoms with E-state index in [0.717, 1.165) is 36.9 Å². The second kappa shape index (κ2) is 8.80. The van der Waals surface area contributed by atoms with E-state index in [4.69, 9.17) is 11.6 Å². The van der Waals surface area contributed by atoms with Crippen LogP contribution >= 0.6 is 23.4 Å². The Labute approximate surface area is 168 Å². The molecule has 27 heavy (non-hydrogen) atoms. The van der Waals surface area contributed by atoms with E-state index in [0.29, 0.717) is 10.2 Å². The molecular formula is C19H23ClN4O2S. The topological polar surface area (TPSA) is 76.0 Å². The predicted molar refractivity (Wildman–Crippen MR) is 108 cm³/mol. The Kier molecular flexibility index (Phi) is 6.44. The number of hydrogen-bond acceptors (Lipinski definition) is 4. The highest BCUT2D eigenvalue weighted by molar-refractivity contribution is 8.00. The molecular weight excluding hydrogens is 384 g/mol. The number of imide groups is 1. The first-order valence-corrected chi connectivity index (χ1v) is 10.3. The van der Waals surface area contributed by atoms with Crippen LogP contribution in [-0.4, -0.2) is 32.8 Å². The molecule has 0 spiro atoms. The molecule has 2 aromatic rings. The number of carbonyl (C=O) groups is 2. The molecule has 3 rings (SSSR count). The van der Waals surface area contributed by atoms with E-state index < -0.39 is 11.3 Å². The second-order valence-electron chi connectivity index (χ2n) is 6.67. The fourth-order valence-corrected chi connectivity index (χ4v) is 4.18. The summed E-state index contributed by atoms with van der Waals surface area (Å²) >= 11 is 7.51. The van der Waals surface area contributed by atoms with Gasteiger partial charge in [0.15, 0.2) is 5.16 Å². The summed E-state index contributed by atoms with van der Waals surface area (Å²) in [6.07, 6.45) is 7.71. The van der Waals surface area contributed by atoms with Crippen LogP contribution in [-0.2, 0) is 4.79 Å². The van der Waals surface area contributed by atoms with Gasteiger partial charge in [-0.05, 0) is 44.4 Å². The Balaban J connectivity index is 1.63. The van der Waals surface area contributed by atoms with E-state index >= 15 is 0 Å². The van der Waals surface area contributed by atoms with Gasteiger partial charge >= 0.3 is 6.03 Å². The van der Waals surface area contributed by atoms with Gasteiger partial charge in [0.25, 0.3) is 0 Å². The zero-order chi connectivity index (χ0) is 19.4. The number of nitrogens with one attached hydrogen (secondary N) is 2. The summed E-state index contributed by atoms with van der Waals surface area (Å²) in [5, 5.41) is 6.16. The van der Waals surface area contributed by atoms with Crippen molar-refractivity contribution in [1.29, 1.82) is 0 Å². The van der Waals surface area contributed by atoms with Gasteiger partial charge in [0.05, 0.1) is 10.9 Å². The van der Waals surface area contributed by atoms with Crippen molar-refractivity contribution >= 4 is 35.3 Å². The van der Waals surface area contributed by atoms with Crippen molar-refractivity contribution in [2.45, 2.75) is 56.0 Å². The van der Waals surface area contributed by atoms with E-state index in [1.165, 1.54) is 11.8 Å². The predicted octanol–water partition coefficient (Wildman–Crippen LogP) is 4.08. The zero-order valence-electron chi connectivity index (χ0n) is 15.4. The Hall–Kier alpha value is -1.99. The second-order valence-corrected chi connectivity index (χ2v) is 8.38. The summed E-state index contributed by atoms with van der Waals surface area (Å²) in [6.45, 7) is 3.70. The molecule has 1 atom stereocenters. The SMILES string of the molecule is Cc1c(Cl)cccc1-n1ccnc1S[C@H](C)C(=O)NC(=O)NC1CCCC1. The van der Waals surface area contributed by atoms with E-state index in [-0.39, 0.29) is 11.9 Å². The molecule has 1 aliphatic rings. The maximum atomic E-state index is 12.4. The largest absolute Gasteiger partial charge is 0.335 e. The molecule has 1 aliphatic carbocycles. The Morgan fingerprint density at radius 3 is 2.81 bits per heavy atom. The van der Waals surface area contributed by atoms with Crippen LogP contribution in [0.4, 0.5) is 4.79 Å². The lowest BCUT2D eigenvalue weighted by Gasteiger charge is -2.16. The highest BCUT2D eigenvalue weighted by atomic mass is 35.5. The number of urea groups is 1. The molecule has 1 fully saturated rings. The molecule has 0 radical (unpaired) electrons. The number of hydrogen-bond donors (Lipinski definition) is 2. The number of amides is 3. The van der Waals surface area contributed by atoms with Gasteiger partial charge in [-0.15, -0.1) is 0 Å². The monoisotopic (exact) mass is 406 g/mol. The smallest absolute Gasteiger partial charge is 0.321 e. The average Bonchev–Trinajstić information content (AvgIpc) is 3.29. The molecule has 3 amide bonds. The average molecular weight is 407 g/mol. The van der Waals surface area contributed by atoms with Gasteiger partial charge in [0, 0.05) is 23.5 Å². The Bertz CT molecular complexity index is 833. The molecule has 0 aliphatic heterocycles. The van der Waals surface area contributed by atoms with Crippen molar-refractivity contribution in [1.82, 2.24) is 20.2 Å². The van der Waals surface area contributed by atoms with Crippen molar-refractivity contribution in [2.75, 3.05) is 0 Å². The van der Waals surface area contributed by atoms with E-state index in [2.05, 4.69) is 15.6 Å². The molecule has 1 heterocycles. The molecule has 0 unspecified atom stereocenters. The van der Waals surface area contributed by atoms with Gasteiger partial charge in [-0.25, -0.2) is 9.78 Å². The standard InChI is InChI=1S/C19H23ClN4O2S/c1-12-15(20)8-5-9-16(12)24-11-10-21-19(24)27-13(2)17(25)23-18(26)22-14-6-3-4-7-14/h5,8-11,13-14H,3-4,6-7H2,1-2H3,(H2,22,23,25,26)/t13-/m1/s1. The normalized spacial score (nSPS) is 15.5. The van der Waals surface area contributed by atoms with Crippen LogP contribution in [0.1, 0.15) is 38.2 Å². The number of aromatic nitrogens is 2. The highest BCUT2D eigenvalue weighted by Crippen LogP contribution is 2.28. The highest BCUT2D eigenvalue weighted by Gasteiger charge is 2.22. The maximum absolute atomic E-state index is 12.4. The number of rotatable bonds is 5. The van der Waals surface area contributed by atoms with Crippen LogP contribution < -0.4 is 10.6 Å². The van der Waals surface area contributed by atoms with Gasteiger partial charge in [0.1, 0.15) is 0 Å². The van der Waals surface area contributed by atoms with Crippen LogP contribution in [0.25, 0.3) is 5.69 Å². The zero-order valence-corrected chi connectivity index (χ0v) is 16.9. The summed E-state index contributed by atoms with van der Waals surface area (Å²) in [5.74, 6) is -0.340. The van der Waals surface area contributed by atoms with Crippen molar-refractivity contribution in [3.8, 4) is 5.69 Å². The number of imidazole rings is 1. The quantitative estimate of drug-likeness (QED) is 0.733. The lowest BCUT2D eigenvalue weighted by atomic mass is 10.2. The molecule has 1 saturated carbocycles. The molecule has 2 N–H and O–H groups in total. The molecule has 6 nitrogen and oxygen atoms in total. The van der Waals surface area contributed by atoms with Gasteiger partial charge in [0.2, 0.25) is 5.91 Å². The van der Waals surface area contributed by atoms with Crippen LogP contribution in [0.3, 0.4) is 0 Å². The minimum absolute atomic E-state index is 0.172. The lowest BCUT2D eigenvalue weighted by molar-refractivity contribution is -0.119. The third kappa shape index (κ3) is 4.84.